The van der Waals surface area contributed by atoms with Crippen LogP contribution in [0.1, 0.15) is 12.0 Å². The number of anilines is 1. The normalized spacial score (nSPS) is 12.9. The lowest BCUT2D eigenvalue weighted by atomic mass is 10.1. The molecule has 0 bridgehead atoms. The van der Waals surface area contributed by atoms with Crippen molar-refractivity contribution in [1.82, 2.24) is 5.32 Å². The second kappa shape index (κ2) is 7.64. The zero-order valence-corrected chi connectivity index (χ0v) is 13.4. The molecule has 0 fully saturated rings. The molecule has 0 saturated heterocycles. The third-order valence-corrected chi connectivity index (χ3v) is 3.94. The maximum atomic E-state index is 12.4. The van der Waals surface area contributed by atoms with Gasteiger partial charge in [-0.2, -0.15) is 0 Å². The van der Waals surface area contributed by atoms with Crippen molar-refractivity contribution in [3.05, 3.63) is 60.2 Å². The molecule has 0 aliphatic carbocycles. The molecule has 1 N–H and O–H groups in total. The molecule has 5 nitrogen and oxygen atoms in total. The number of nitrogens with one attached hydrogen (secondary N) is 1. The van der Waals surface area contributed by atoms with Gasteiger partial charge in [-0.15, -0.1) is 0 Å². The van der Waals surface area contributed by atoms with E-state index in [4.69, 9.17) is 4.74 Å². The third kappa shape index (κ3) is 3.74. The fourth-order valence-corrected chi connectivity index (χ4v) is 2.72. The van der Waals surface area contributed by atoms with Gasteiger partial charge in [0.05, 0.1) is 12.2 Å². The van der Waals surface area contributed by atoms with E-state index in [0.29, 0.717) is 31.1 Å². The predicted octanol–water partition coefficient (Wildman–Crippen LogP) is 2.16. The summed E-state index contributed by atoms with van der Waals surface area (Å²) >= 11 is 0. The molecule has 2 aromatic carbocycles. The standard InChI is InChI=1S/C19H20N2O3/c22-18(20-12-6-9-15-7-2-1-3-8-15)19(23)21-13-14-24-17-11-5-4-10-16(17)21/h1-5,7-8,10-11H,6,9,12-14H2,(H,20,22). The van der Waals surface area contributed by atoms with E-state index in [1.807, 2.05) is 30.3 Å². The Kier molecular flexibility index (Phi) is 5.11. The number of rotatable bonds is 4. The molecule has 124 valence electrons. The number of fused-ring (bicyclic) bond motifs is 1. The van der Waals surface area contributed by atoms with Crippen molar-refractivity contribution in [3.63, 3.8) is 0 Å². The van der Waals surface area contributed by atoms with E-state index in [0.717, 1.165) is 12.8 Å². The molecule has 0 spiro atoms. The van der Waals surface area contributed by atoms with Crippen LogP contribution >= 0.6 is 0 Å². The molecule has 0 radical (unpaired) electrons. The molecule has 0 atom stereocenters. The lowest BCUT2D eigenvalue weighted by molar-refractivity contribution is -0.137. The van der Waals surface area contributed by atoms with Crippen LogP contribution in [0.3, 0.4) is 0 Å². The molecule has 1 aliphatic heterocycles. The van der Waals surface area contributed by atoms with Crippen molar-refractivity contribution in [2.24, 2.45) is 0 Å². The van der Waals surface area contributed by atoms with Crippen LogP contribution < -0.4 is 15.0 Å². The van der Waals surface area contributed by atoms with Gasteiger partial charge in [-0.3, -0.25) is 14.5 Å². The molecule has 0 aromatic heterocycles. The van der Waals surface area contributed by atoms with Crippen LogP contribution in [-0.4, -0.2) is 31.5 Å². The summed E-state index contributed by atoms with van der Waals surface area (Å²) in [6.45, 7) is 1.25. The Labute approximate surface area is 141 Å². The Balaban J connectivity index is 1.51. The van der Waals surface area contributed by atoms with Gasteiger partial charge in [0.15, 0.2) is 0 Å². The lowest BCUT2D eigenvalue weighted by Crippen LogP contribution is -2.46. The van der Waals surface area contributed by atoms with Crippen molar-refractivity contribution in [3.8, 4) is 5.75 Å². The van der Waals surface area contributed by atoms with Crippen molar-refractivity contribution in [2.45, 2.75) is 12.8 Å². The van der Waals surface area contributed by atoms with E-state index in [9.17, 15) is 9.59 Å². The fourth-order valence-electron chi connectivity index (χ4n) is 2.72. The Bertz CT molecular complexity index is 716. The zero-order chi connectivity index (χ0) is 16.8. The van der Waals surface area contributed by atoms with Crippen LogP contribution in [0.25, 0.3) is 0 Å². The first kappa shape index (κ1) is 16.1. The van der Waals surface area contributed by atoms with Crippen LogP contribution in [0.15, 0.2) is 54.6 Å². The van der Waals surface area contributed by atoms with E-state index in [1.54, 1.807) is 12.1 Å². The summed E-state index contributed by atoms with van der Waals surface area (Å²) in [5.74, 6) is -0.473. The zero-order valence-electron chi connectivity index (χ0n) is 13.4. The summed E-state index contributed by atoms with van der Waals surface area (Å²) in [5, 5.41) is 2.71. The van der Waals surface area contributed by atoms with Crippen molar-refractivity contribution in [2.75, 3.05) is 24.6 Å². The molecule has 1 aliphatic rings. The van der Waals surface area contributed by atoms with Gasteiger partial charge in [0.1, 0.15) is 12.4 Å². The number of carbonyl (C=O) groups is 2. The largest absolute Gasteiger partial charge is 0.490 e. The highest BCUT2D eigenvalue weighted by atomic mass is 16.5. The van der Waals surface area contributed by atoms with E-state index in [2.05, 4.69) is 17.4 Å². The average Bonchev–Trinajstić information content (AvgIpc) is 2.65. The number of hydrogen-bond donors (Lipinski definition) is 1. The highest BCUT2D eigenvalue weighted by molar-refractivity contribution is 6.40. The van der Waals surface area contributed by atoms with Crippen LogP contribution in [0.2, 0.25) is 0 Å². The highest BCUT2D eigenvalue weighted by Gasteiger charge is 2.27. The molecular formula is C19H20N2O3. The van der Waals surface area contributed by atoms with Gasteiger partial charge in [0.2, 0.25) is 0 Å². The molecule has 24 heavy (non-hydrogen) atoms. The number of hydrogen-bond acceptors (Lipinski definition) is 3. The summed E-state index contributed by atoms with van der Waals surface area (Å²) in [4.78, 5) is 26.0. The monoisotopic (exact) mass is 324 g/mol. The second-order valence-electron chi connectivity index (χ2n) is 5.62. The molecular weight excluding hydrogens is 304 g/mol. The third-order valence-electron chi connectivity index (χ3n) is 3.94. The van der Waals surface area contributed by atoms with Crippen LogP contribution in [0.4, 0.5) is 5.69 Å². The Hall–Kier alpha value is -2.82. The van der Waals surface area contributed by atoms with Crippen molar-refractivity contribution >= 4 is 17.5 Å². The summed E-state index contributed by atoms with van der Waals surface area (Å²) in [6.07, 6.45) is 1.67. The van der Waals surface area contributed by atoms with E-state index < -0.39 is 11.8 Å². The summed E-state index contributed by atoms with van der Waals surface area (Å²) in [7, 11) is 0. The first-order valence-corrected chi connectivity index (χ1v) is 8.11. The summed E-state index contributed by atoms with van der Waals surface area (Å²) in [6, 6.07) is 17.3. The molecule has 2 aromatic rings. The van der Waals surface area contributed by atoms with Gasteiger partial charge in [-0.25, -0.2) is 0 Å². The van der Waals surface area contributed by atoms with Crippen molar-refractivity contribution < 1.29 is 14.3 Å². The molecule has 2 amide bonds. The lowest BCUT2D eigenvalue weighted by Gasteiger charge is -2.28. The number of nitrogens with zero attached hydrogens (tertiary/aromatic N) is 1. The Morgan fingerprint density at radius 1 is 1.04 bits per heavy atom. The fraction of sp³-hybridized carbons (Fsp3) is 0.263. The number of amides is 2. The highest BCUT2D eigenvalue weighted by Crippen LogP contribution is 2.30. The van der Waals surface area contributed by atoms with Crippen molar-refractivity contribution in [1.29, 1.82) is 0 Å². The van der Waals surface area contributed by atoms with Crippen LogP contribution in [0, 0.1) is 0 Å². The van der Waals surface area contributed by atoms with Crippen LogP contribution in [0.5, 0.6) is 5.75 Å². The number of ether oxygens (including phenoxy) is 1. The minimum absolute atomic E-state index is 0.382. The summed E-state index contributed by atoms with van der Waals surface area (Å²) < 4.78 is 5.51. The topological polar surface area (TPSA) is 58.6 Å². The molecule has 3 rings (SSSR count). The minimum Gasteiger partial charge on any atom is -0.490 e. The SMILES string of the molecule is O=C(NCCCc1ccccc1)C(=O)N1CCOc2ccccc21. The minimum atomic E-state index is -0.570. The van der Waals surface area contributed by atoms with Gasteiger partial charge < -0.3 is 10.1 Å². The van der Waals surface area contributed by atoms with Gasteiger partial charge in [-0.1, -0.05) is 42.5 Å². The number of aryl methyl sites for hydroxylation is 1. The first-order chi connectivity index (χ1) is 11.8. The number of para-hydroxylation sites is 2. The summed E-state index contributed by atoms with van der Waals surface area (Å²) in [5.41, 5.74) is 1.87. The second-order valence-corrected chi connectivity index (χ2v) is 5.62. The van der Waals surface area contributed by atoms with E-state index in [1.165, 1.54) is 10.5 Å². The van der Waals surface area contributed by atoms with Gasteiger partial charge in [-0.05, 0) is 30.5 Å². The molecule has 5 heteroatoms. The quantitative estimate of drug-likeness (QED) is 0.692. The maximum Gasteiger partial charge on any atom is 0.316 e. The van der Waals surface area contributed by atoms with E-state index >= 15 is 0 Å². The van der Waals surface area contributed by atoms with Crippen LogP contribution in [-0.2, 0) is 16.0 Å². The molecule has 1 heterocycles. The Morgan fingerprint density at radius 3 is 2.62 bits per heavy atom. The van der Waals surface area contributed by atoms with E-state index in [-0.39, 0.29) is 0 Å². The maximum absolute atomic E-state index is 12.4. The first-order valence-electron chi connectivity index (χ1n) is 8.11. The molecule has 0 unspecified atom stereocenters. The Morgan fingerprint density at radius 2 is 1.79 bits per heavy atom. The average molecular weight is 324 g/mol. The predicted molar refractivity (Wildman–Crippen MR) is 92.1 cm³/mol. The molecule has 0 saturated carbocycles. The number of carbonyl (C=O) groups excluding carboxylic acids is 2. The van der Waals surface area contributed by atoms with Gasteiger partial charge >= 0.3 is 11.8 Å². The van der Waals surface area contributed by atoms with Gasteiger partial charge in [0, 0.05) is 6.54 Å². The smallest absolute Gasteiger partial charge is 0.316 e. The number of benzene rings is 2. The van der Waals surface area contributed by atoms with Gasteiger partial charge in [0.25, 0.3) is 0 Å².